The topological polar surface area (TPSA) is 91.0 Å². The van der Waals surface area contributed by atoms with Crippen molar-refractivity contribution < 1.29 is 19.1 Å². The summed E-state index contributed by atoms with van der Waals surface area (Å²) in [5.41, 5.74) is 5.46. The highest BCUT2D eigenvalue weighted by molar-refractivity contribution is 5.98. The van der Waals surface area contributed by atoms with Crippen LogP contribution in [-0.2, 0) is 9.59 Å². The third-order valence-corrected chi connectivity index (χ3v) is 5.54. The third-order valence-electron chi connectivity index (χ3n) is 5.54. The lowest BCUT2D eigenvalue weighted by Gasteiger charge is -2.31. The summed E-state index contributed by atoms with van der Waals surface area (Å²) in [4.78, 5) is 38.5. The number of anilines is 1. The third kappa shape index (κ3) is 4.65. The highest BCUT2D eigenvalue weighted by Gasteiger charge is 2.40. The number of nitrogens with zero attached hydrogens (tertiary/aromatic N) is 2. The van der Waals surface area contributed by atoms with Crippen molar-refractivity contribution in [3.05, 3.63) is 72.1 Å². The van der Waals surface area contributed by atoms with Gasteiger partial charge in [-0.1, -0.05) is 24.3 Å². The number of carbonyl (C=O) groups is 3. The number of hydrogen-bond donors (Lipinski definition) is 2. The van der Waals surface area contributed by atoms with Gasteiger partial charge in [0.1, 0.15) is 18.3 Å². The van der Waals surface area contributed by atoms with Crippen LogP contribution in [0.3, 0.4) is 0 Å². The van der Waals surface area contributed by atoms with E-state index in [1.165, 1.54) is 11.8 Å². The number of ketones is 1. The molecule has 0 aliphatic carbocycles. The van der Waals surface area contributed by atoms with E-state index in [4.69, 9.17) is 4.74 Å². The summed E-state index contributed by atoms with van der Waals surface area (Å²) in [7, 11) is 0. The Labute approximate surface area is 186 Å². The Morgan fingerprint density at radius 1 is 1.16 bits per heavy atom. The molecule has 8 heteroatoms. The fourth-order valence-electron chi connectivity index (χ4n) is 3.92. The molecule has 2 unspecified atom stereocenters. The normalized spacial score (nSPS) is 19.6. The van der Waals surface area contributed by atoms with E-state index < -0.39 is 0 Å². The Hall–Kier alpha value is -3.65. The van der Waals surface area contributed by atoms with Crippen LogP contribution in [0.2, 0.25) is 0 Å². The molecule has 4 rings (SSSR count). The van der Waals surface area contributed by atoms with Gasteiger partial charge in [0, 0.05) is 23.7 Å². The first kappa shape index (κ1) is 21.6. The molecule has 2 aliphatic heterocycles. The van der Waals surface area contributed by atoms with Gasteiger partial charge in [0.25, 0.3) is 5.91 Å². The van der Waals surface area contributed by atoms with E-state index in [-0.39, 0.29) is 36.2 Å². The molecule has 0 spiro atoms. The van der Waals surface area contributed by atoms with Gasteiger partial charge in [-0.2, -0.15) is 0 Å². The van der Waals surface area contributed by atoms with Crippen molar-refractivity contribution in [1.29, 1.82) is 0 Å². The summed E-state index contributed by atoms with van der Waals surface area (Å²) < 4.78 is 5.49. The predicted molar refractivity (Wildman–Crippen MR) is 120 cm³/mol. The molecule has 2 amide bonds. The summed E-state index contributed by atoms with van der Waals surface area (Å²) in [5, 5.41) is 4.55. The fraction of sp³-hybridized carbons (Fsp3) is 0.292. The molecule has 1 fully saturated rings. The van der Waals surface area contributed by atoms with E-state index in [1.54, 1.807) is 41.7 Å². The summed E-state index contributed by atoms with van der Waals surface area (Å²) in [6.45, 7) is 3.93. The predicted octanol–water partition coefficient (Wildman–Crippen LogP) is 2.86. The zero-order valence-corrected chi connectivity index (χ0v) is 18.1. The van der Waals surface area contributed by atoms with Gasteiger partial charge in [0.05, 0.1) is 12.6 Å². The molecule has 2 N–H and O–H groups in total. The van der Waals surface area contributed by atoms with Crippen LogP contribution in [0.4, 0.5) is 5.69 Å². The van der Waals surface area contributed by atoms with Gasteiger partial charge in [-0.05, 0) is 50.1 Å². The van der Waals surface area contributed by atoms with Crippen LogP contribution >= 0.6 is 0 Å². The maximum Gasteiger partial charge on any atom is 0.251 e. The molecule has 8 nitrogen and oxygen atoms in total. The number of Topliss-reactive ketones (excluding diaryl/α,β-unsaturated/α-hetero) is 1. The zero-order valence-electron chi connectivity index (χ0n) is 18.1. The van der Waals surface area contributed by atoms with E-state index in [0.29, 0.717) is 24.3 Å². The number of amides is 2. The monoisotopic (exact) mass is 434 g/mol. The van der Waals surface area contributed by atoms with E-state index in [9.17, 15) is 14.4 Å². The largest absolute Gasteiger partial charge is 0.494 e. The van der Waals surface area contributed by atoms with Crippen LogP contribution in [-0.4, -0.2) is 46.7 Å². The van der Waals surface area contributed by atoms with Gasteiger partial charge in [0.15, 0.2) is 5.78 Å². The lowest BCUT2D eigenvalue weighted by molar-refractivity contribution is -0.137. The molecule has 1 saturated heterocycles. The first-order chi connectivity index (χ1) is 15.4. The second kappa shape index (κ2) is 9.23. The molecule has 2 aromatic rings. The summed E-state index contributed by atoms with van der Waals surface area (Å²) >= 11 is 0. The number of carbonyl (C=O) groups excluding carboxylic acids is 3. The summed E-state index contributed by atoms with van der Waals surface area (Å²) in [6.07, 6.45) is 3.98. The van der Waals surface area contributed by atoms with Crippen LogP contribution in [0.5, 0.6) is 5.75 Å². The Kier molecular flexibility index (Phi) is 6.23. The number of hydrogen-bond acceptors (Lipinski definition) is 6. The van der Waals surface area contributed by atoms with Crippen molar-refractivity contribution in [1.82, 2.24) is 15.3 Å². The van der Waals surface area contributed by atoms with Gasteiger partial charge in [-0.25, -0.2) is 5.43 Å². The van der Waals surface area contributed by atoms with Gasteiger partial charge in [0.2, 0.25) is 5.91 Å². The first-order valence-corrected chi connectivity index (χ1v) is 10.6. The minimum Gasteiger partial charge on any atom is -0.494 e. The average molecular weight is 434 g/mol. The molecule has 32 heavy (non-hydrogen) atoms. The number of fused-ring (bicyclic) bond motifs is 1. The Balaban J connectivity index is 1.37. The second-order valence-corrected chi connectivity index (χ2v) is 7.79. The minimum atomic E-state index is -0.384. The molecule has 0 radical (unpaired) electrons. The molecule has 0 saturated carbocycles. The first-order valence-electron chi connectivity index (χ1n) is 10.6. The quantitative estimate of drug-likeness (QED) is 0.652. The van der Waals surface area contributed by atoms with Gasteiger partial charge < -0.3 is 20.0 Å². The molecule has 2 aliphatic rings. The lowest BCUT2D eigenvalue weighted by atomic mass is 10.0. The maximum absolute atomic E-state index is 13.0. The summed E-state index contributed by atoms with van der Waals surface area (Å²) in [6, 6.07) is 14.2. The molecule has 2 heterocycles. The molecule has 166 valence electrons. The van der Waals surface area contributed by atoms with E-state index in [1.807, 2.05) is 31.2 Å². The Morgan fingerprint density at radius 3 is 2.66 bits per heavy atom. The molecule has 0 bridgehead atoms. The van der Waals surface area contributed by atoms with Crippen molar-refractivity contribution in [2.24, 2.45) is 0 Å². The van der Waals surface area contributed by atoms with Crippen molar-refractivity contribution in [3.8, 4) is 5.75 Å². The standard InChI is InChI=1S/C24H26N4O4/c1-3-32-20-9-7-17(8-10-20)21-14-22-24(31)27(11-12-28(22)26-21)15-23(30)25-19-6-4-5-18(13-19)16(2)29/h4-13,21-22,26H,3,14-15H2,1-2H3,(H,25,30). The highest BCUT2D eigenvalue weighted by Crippen LogP contribution is 2.31. The highest BCUT2D eigenvalue weighted by atomic mass is 16.5. The zero-order chi connectivity index (χ0) is 22.7. The minimum absolute atomic E-state index is 0.00706. The van der Waals surface area contributed by atoms with E-state index in [2.05, 4.69) is 10.7 Å². The molecule has 0 aromatic heterocycles. The summed E-state index contributed by atoms with van der Waals surface area (Å²) in [5.74, 6) is 0.271. The van der Waals surface area contributed by atoms with Crippen LogP contribution in [0.15, 0.2) is 60.9 Å². The van der Waals surface area contributed by atoms with Crippen LogP contribution in [0.25, 0.3) is 0 Å². The molecule has 2 aromatic carbocycles. The maximum atomic E-state index is 13.0. The van der Waals surface area contributed by atoms with Gasteiger partial charge in [-0.15, -0.1) is 0 Å². The molecular formula is C24H26N4O4. The van der Waals surface area contributed by atoms with Gasteiger partial charge in [-0.3, -0.25) is 14.4 Å². The Bertz CT molecular complexity index is 1050. The van der Waals surface area contributed by atoms with E-state index in [0.717, 1.165) is 11.3 Å². The number of benzene rings is 2. The number of nitrogens with one attached hydrogen (secondary N) is 2. The van der Waals surface area contributed by atoms with Crippen molar-refractivity contribution in [3.63, 3.8) is 0 Å². The fourth-order valence-corrected chi connectivity index (χ4v) is 3.92. The van der Waals surface area contributed by atoms with Crippen LogP contribution in [0.1, 0.15) is 42.2 Å². The number of hydrazine groups is 1. The SMILES string of the molecule is CCOc1ccc(C2CC3C(=O)N(CC(=O)Nc4cccc(C(C)=O)c4)C=CN3N2)cc1. The number of rotatable bonds is 7. The van der Waals surface area contributed by atoms with Crippen molar-refractivity contribution in [2.75, 3.05) is 18.5 Å². The van der Waals surface area contributed by atoms with Crippen LogP contribution in [0, 0.1) is 0 Å². The van der Waals surface area contributed by atoms with Crippen molar-refractivity contribution in [2.45, 2.75) is 32.4 Å². The lowest BCUT2D eigenvalue weighted by Crippen LogP contribution is -2.49. The van der Waals surface area contributed by atoms with Gasteiger partial charge >= 0.3 is 0 Å². The van der Waals surface area contributed by atoms with E-state index >= 15 is 0 Å². The number of ether oxygens (including phenoxy) is 1. The molecular weight excluding hydrogens is 408 g/mol. The molecule has 2 atom stereocenters. The smallest absolute Gasteiger partial charge is 0.251 e. The van der Waals surface area contributed by atoms with Crippen molar-refractivity contribution >= 4 is 23.3 Å². The average Bonchev–Trinajstić information content (AvgIpc) is 3.22. The second-order valence-electron chi connectivity index (χ2n) is 7.79. The van der Waals surface area contributed by atoms with Crippen LogP contribution < -0.4 is 15.5 Å². The Morgan fingerprint density at radius 2 is 1.94 bits per heavy atom.